The fourth-order valence-corrected chi connectivity index (χ4v) is 5.63. The summed E-state index contributed by atoms with van der Waals surface area (Å²) < 4.78 is 22.9. The zero-order valence-corrected chi connectivity index (χ0v) is 20.9. The number of nitrogens with one attached hydrogen (secondary N) is 3. The lowest BCUT2D eigenvalue weighted by Gasteiger charge is -2.34. The molecule has 0 radical (unpaired) electrons. The maximum absolute atomic E-state index is 12.0. The highest BCUT2D eigenvalue weighted by atomic mass is 127. The highest BCUT2D eigenvalue weighted by Gasteiger charge is 2.28. The Hall–Kier alpha value is -0.620. The van der Waals surface area contributed by atoms with E-state index in [9.17, 15) is 13.2 Å². The number of hydrogen-bond donors (Lipinski definition) is 3. The van der Waals surface area contributed by atoms with Gasteiger partial charge in [-0.05, 0) is 39.2 Å². The first-order valence-electron chi connectivity index (χ1n) is 10.7. The maximum atomic E-state index is 12.0. The van der Waals surface area contributed by atoms with Crippen molar-refractivity contribution in [3.63, 3.8) is 0 Å². The Labute approximate surface area is 193 Å². The van der Waals surface area contributed by atoms with Gasteiger partial charge in [0.05, 0.1) is 18.1 Å². The first-order valence-corrected chi connectivity index (χ1v) is 12.5. The van der Waals surface area contributed by atoms with Crippen LogP contribution in [0.1, 0.15) is 52.4 Å². The molecule has 1 amide bonds. The predicted octanol–water partition coefficient (Wildman–Crippen LogP) is 1.12. The lowest BCUT2D eigenvalue weighted by Crippen LogP contribution is -2.42. The molecule has 2 heterocycles. The van der Waals surface area contributed by atoms with E-state index in [0.717, 1.165) is 32.1 Å². The van der Waals surface area contributed by atoms with Crippen LogP contribution in [0.25, 0.3) is 0 Å². The summed E-state index contributed by atoms with van der Waals surface area (Å²) in [6.07, 6.45) is 5.90. The van der Waals surface area contributed by atoms with Gasteiger partial charge >= 0.3 is 0 Å². The van der Waals surface area contributed by atoms with Gasteiger partial charge in [-0.3, -0.25) is 14.7 Å². The highest BCUT2D eigenvalue weighted by Crippen LogP contribution is 2.18. The topological polar surface area (TPSA) is 103 Å². The largest absolute Gasteiger partial charge is 0.357 e. The third kappa shape index (κ3) is 9.82. The molecule has 2 rings (SSSR count). The number of likely N-dealkylation sites (tertiary alicyclic amines) is 1. The second-order valence-corrected chi connectivity index (χ2v) is 9.93. The molecule has 2 fully saturated rings. The van der Waals surface area contributed by atoms with Crippen LogP contribution in [-0.2, 0) is 14.6 Å². The van der Waals surface area contributed by atoms with E-state index >= 15 is 0 Å². The van der Waals surface area contributed by atoms with Gasteiger partial charge in [0.25, 0.3) is 0 Å². The number of hydrogen-bond acceptors (Lipinski definition) is 5. The Morgan fingerprint density at radius 1 is 1.17 bits per heavy atom. The van der Waals surface area contributed by atoms with Crippen molar-refractivity contribution in [2.24, 2.45) is 4.99 Å². The van der Waals surface area contributed by atoms with Crippen LogP contribution < -0.4 is 16.0 Å². The van der Waals surface area contributed by atoms with Crippen molar-refractivity contribution in [1.29, 1.82) is 0 Å². The maximum Gasteiger partial charge on any atom is 0.222 e. The summed E-state index contributed by atoms with van der Waals surface area (Å²) in [6.45, 7) is 8.36. The Balaban J connectivity index is 0.00000420. The number of carbonyl (C=O) groups is 1. The minimum atomic E-state index is -2.97. The molecule has 8 nitrogen and oxygen atoms in total. The predicted molar refractivity (Wildman–Crippen MR) is 129 cm³/mol. The van der Waals surface area contributed by atoms with Crippen molar-refractivity contribution in [2.75, 3.05) is 44.2 Å². The molecule has 0 spiro atoms. The van der Waals surface area contributed by atoms with Crippen LogP contribution in [0.2, 0.25) is 0 Å². The first-order chi connectivity index (χ1) is 13.4. The highest BCUT2D eigenvalue weighted by molar-refractivity contribution is 14.0. The lowest BCUT2D eigenvalue weighted by molar-refractivity contribution is -0.121. The van der Waals surface area contributed by atoms with E-state index in [4.69, 9.17) is 0 Å². The molecule has 10 heteroatoms. The lowest BCUT2D eigenvalue weighted by atomic mass is 10.0. The Morgan fingerprint density at radius 2 is 1.97 bits per heavy atom. The average molecular weight is 544 g/mol. The third-order valence-electron chi connectivity index (χ3n) is 5.46. The molecule has 170 valence electrons. The molecule has 2 aliphatic rings. The number of nitrogens with zero attached hydrogens (tertiary/aromatic N) is 2. The number of guanidine groups is 1. The zero-order chi connectivity index (χ0) is 20.4. The van der Waals surface area contributed by atoms with E-state index < -0.39 is 9.84 Å². The summed E-state index contributed by atoms with van der Waals surface area (Å²) in [5.41, 5.74) is 0. The summed E-state index contributed by atoms with van der Waals surface area (Å²) >= 11 is 0. The van der Waals surface area contributed by atoms with Gasteiger partial charge in [0.15, 0.2) is 15.8 Å². The Bertz CT molecular complexity index is 629. The normalized spacial score (nSPS) is 24.6. The summed E-state index contributed by atoms with van der Waals surface area (Å²) in [5, 5.41) is 9.22. The number of aliphatic imine (C=N–C) groups is 1. The van der Waals surface area contributed by atoms with Gasteiger partial charge in [-0.25, -0.2) is 8.42 Å². The number of rotatable bonds is 9. The molecule has 0 aliphatic carbocycles. The number of amides is 1. The molecule has 3 N–H and O–H groups in total. The Kier molecular flexibility index (Phi) is 12.4. The summed E-state index contributed by atoms with van der Waals surface area (Å²) in [4.78, 5) is 19.2. The molecule has 0 aromatic heterocycles. The quantitative estimate of drug-likeness (QED) is 0.229. The van der Waals surface area contributed by atoms with E-state index in [-0.39, 0.29) is 47.4 Å². The SMILES string of the molecule is CCNC(=NCCN1CCCCC1CC)NCCC(=O)NC1CCS(=O)(=O)C1.I. The van der Waals surface area contributed by atoms with Gasteiger partial charge in [0.2, 0.25) is 5.91 Å². The molecule has 2 saturated heterocycles. The van der Waals surface area contributed by atoms with Crippen molar-refractivity contribution in [1.82, 2.24) is 20.9 Å². The van der Waals surface area contributed by atoms with Gasteiger partial charge in [-0.2, -0.15) is 0 Å². The van der Waals surface area contributed by atoms with E-state index in [1.165, 1.54) is 25.7 Å². The van der Waals surface area contributed by atoms with Gasteiger partial charge in [-0.1, -0.05) is 13.3 Å². The fraction of sp³-hybridized carbons (Fsp3) is 0.895. The number of halogens is 1. The van der Waals surface area contributed by atoms with Crippen LogP contribution in [0.5, 0.6) is 0 Å². The first kappa shape index (κ1) is 26.4. The summed E-state index contributed by atoms with van der Waals surface area (Å²) in [6, 6.07) is 0.443. The molecule has 0 saturated carbocycles. The minimum absolute atomic E-state index is 0. The smallest absolute Gasteiger partial charge is 0.222 e. The monoisotopic (exact) mass is 543 g/mol. The van der Waals surface area contributed by atoms with Crippen LogP contribution in [0.4, 0.5) is 0 Å². The van der Waals surface area contributed by atoms with Crippen LogP contribution in [0, 0.1) is 0 Å². The molecule has 0 aromatic rings. The third-order valence-corrected chi connectivity index (χ3v) is 7.23. The van der Waals surface area contributed by atoms with Gasteiger partial charge in [-0.15, -0.1) is 24.0 Å². The second kappa shape index (κ2) is 13.6. The molecular weight excluding hydrogens is 505 g/mol. The number of sulfone groups is 1. The molecule has 0 aromatic carbocycles. The van der Waals surface area contributed by atoms with Crippen molar-refractivity contribution in [2.45, 2.75) is 64.5 Å². The fourth-order valence-electron chi connectivity index (χ4n) is 3.95. The van der Waals surface area contributed by atoms with Crippen LogP contribution in [-0.4, -0.2) is 81.5 Å². The molecular formula is C19H38IN5O3S. The van der Waals surface area contributed by atoms with E-state index in [0.29, 0.717) is 25.4 Å². The van der Waals surface area contributed by atoms with Crippen LogP contribution in [0.3, 0.4) is 0 Å². The molecule has 0 bridgehead atoms. The average Bonchev–Trinajstić information content (AvgIpc) is 3.00. The standard InChI is InChI=1S/C19H37N5O3S.HI/c1-3-17-7-5-6-12-24(17)13-11-22-19(20-4-2)21-10-8-18(25)23-16-9-14-28(26,27)15-16;/h16-17H,3-15H2,1-2H3,(H,23,25)(H2,20,21,22);1H. The van der Waals surface area contributed by atoms with Crippen molar-refractivity contribution in [3.05, 3.63) is 0 Å². The van der Waals surface area contributed by atoms with E-state index in [1.807, 2.05) is 6.92 Å². The van der Waals surface area contributed by atoms with E-state index in [1.54, 1.807) is 0 Å². The summed E-state index contributed by atoms with van der Waals surface area (Å²) in [7, 11) is -2.97. The van der Waals surface area contributed by atoms with Crippen molar-refractivity contribution >= 4 is 45.7 Å². The number of piperidine rings is 1. The van der Waals surface area contributed by atoms with Crippen molar-refractivity contribution in [3.8, 4) is 0 Å². The molecule has 29 heavy (non-hydrogen) atoms. The minimum Gasteiger partial charge on any atom is -0.357 e. The Morgan fingerprint density at radius 3 is 2.62 bits per heavy atom. The van der Waals surface area contributed by atoms with Crippen molar-refractivity contribution < 1.29 is 13.2 Å². The molecule has 2 aliphatic heterocycles. The van der Waals surface area contributed by atoms with Crippen LogP contribution in [0.15, 0.2) is 4.99 Å². The van der Waals surface area contributed by atoms with Gasteiger partial charge in [0.1, 0.15) is 0 Å². The van der Waals surface area contributed by atoms with Gasteiger partial charge < -0.3 is 16.0 Å². The zero-order valence-electron chi connectivity index (χ0n) is 17.8. The number of carbonyl (C=O) groups excluding carboxylic acids is 1. The van der Waals surface area contributed by atoms with Gasteiger partial charge in [0, 0.05) is 38.1 Å². The molecule has 2 atom stereocenters. The van der Waals surface area contributed by atoms with Crippen LogP contribution >= 0.6 is 24.0 Å². The summed E-state index contributed by atoms with van der Waals surface area (Å²) in [5.74, 6) is 0.836. The van der Waals surface area contributed by atoms with E-state index in [2.05, 4.69) is 32.8 Å². The second-order valence-electron chi connectivity index (χ2n) is 7.70. The molecule has 2 unspecified atom stereocenters.